The summed E-state index contributed by atoms with van der Waals surface area (Å²) in [7, 11) is -2.84. The molecule has 1 atom stereocenters. The number of anilines is 1. The lowest BCUT2D eigenvalue weighted by atomic mass is 10.0. The van der Waals surface area contributed by atoms with Crippen molar-refractivity contribution in [1.82, 2.24) is 10.2 Å². The van der Waals surface area contributed by atoms with Gasteiger partial charge in [-0.05, 0) is 86.5 Å². The van der Waals surface area contributed by atoms with Gasteiger partial charge in [0.2, 0.25) is 11.8 Å². The van der Waals surface area contributed by atoms with E-state index in [2.05, 4.69) is 5.32 Å². The lowest BCUT2D eigenvalue weighted by Gasteiger charge is -2.35. The molecule has 0 unspecified atom stereocenters. The average Bonchev–Trinajstić information content (AvgIpc) is 3.02. The van der Waals surface area contributed by atoms with Crippen LogP contribution in [0.4, 0.5) is 5.69 Å². The third-order valence-electron chi connectivity index (χ3n) is 7.15. The normalized spacial score (nSPS) is 12.2. The number of hydrogen-bond acceptors (Lipinski definition) is 5. The van der Waals surface area contributed by atoms with Gasteiger partial charge in [-0.3, -0.25) is 13.9 Å². The van der Waals surface area contributed by atoms with Crippen LogP contribution in [0, 0.1) is 0 Å². The molecule has 1 N–H and O–H groups in total. The molecule has 0 aliphatic carbocycles. The molecule has 0 bridgehead atoms. The number of halogens is 3. The van der Waals surface area contributed by atoms with Gasteiger partial charge >= 0.3 is 0 Å². The lowest BCUT2D eigenvalue weighted by Crippen LogP contribution is -2.56. The molecule has 4 aromatic carbocycles. The lowest BCUT2D eigenvalue weighted by molar-refractivity contribution is -0.140. The zero-order valence-corrected chi connectivity index (χ0v) is 29.5. The maximum atomic E-state index is 14.6. The highest BCUT2D eigenvalue weighted by Gasteiger charge is 2.36. The third-order valence-corrected chi connectivity index (χ3v) is 9.76. The molecule has 8 nitrogen and oxygen atoms in total. The van der Waals surface area contributed by atoms with Crippen LogP contribution in [0.15, 0.2) is 102 Å². The van der Waals surface area contributed by atoms with E-state index in [1.165, 1.54) is 42.3 Å². The topological polar surface area (TPSA) is 96.0 Å². The van der Waals surface area contributed by atoms with Crippen molar-refractivity contribution < 1.29 is 22.7 Å². The highest BCUT2D eigenvalue weighted by atomic mass is 35.5. The minimum atomic E-state index is -4.32. The van der Waals surface area contributed by atoms with E-state index >= 15 is 0 Å². The molecule has 0 fully saturated rings. The van der Waals surface area contributed by atoms with Gasteiger partial charge in [-0.15, -0.1) is 0 Å². The number of nitrogens with zero attached hydrogens (tertiary/aromatic N) is 2. The highest BCUT2D eigenvalue weighted by molar-refractivity contribution is 7.92. The van der Waals surface area contributed by atoms with Gasteiger partial charge in [-0.25, -0.2) is 8.42 Å². The molecule has 0 heterocycles. The van der Waals surface area contributed by atoms with Gasteiger partial charge in [0.25, 0.3) is 10.0 Å². The molecule has 0 aliphatic rings. The number of carbonyl (C=O) groups excluding carboxylic acids is 2. The first-order valence-electron chi connectivity index (χ1n) is 14.7. The van der Waals surface area contributed by atoms with Gasteiger partial charge < -0.3 is 15.0 Å². The van der Waals surface area contributed by atoms with Crippen LogP contribution in [0.3, 0.4) is 0 Å². The van der Waals surface area contributed by atoms with Crippen molar-refractivity contribution in [2.24, 2.45) is 0 Å². The van der Waals surface area contributed by atoms with Gasteiger partial charge in [0.1, 0.15) is 18.3 Å². The molecule has 4 aromatic rings. The summed E-state index contributed by atoms with van der Waals surface area (Å²) in [6.07, 6.45) is 0.155. The van der Waals surface area contributed by atoms with Crippen LogP contribution < -0.4 is 14.4 Å². The first kappa shape index (κ1) is 36.1. The van der Waals surface area contributed by atoms with Crippen LogP contribution in [0.5, 0.6) is 5.75 Å². The second kappa shape index (κ2) is 15.4. The molecule has 47 heavy (non-hydrogen) atoms. The summed E-state index contributed by atoms with van der Waals surface area (Å²) in [5.74, 6) is -0.584. The summed E-state index contributed by atoms with van der Waals surface area (Å²) in [4.78, 5) is 29.9. The van der Waals surface area contributed by atoms with Crippen LogP contribution in [-0.2, 0) is 32.6 Å². The number of benzene rings is 4. The minimum Gasteiger partial charge on any atom is -0.497 e. The molecular formula is C35H36Cl3N3O5S. The number of amides is 2. The fourth-order valence-corrected chi connectivity index (χ4v) is 6.93. The summed E-state index contributed by atoms with van der Waals surface area (Å²) < 4.78 is 34.6. The van der Waals surface area contributed by atoms with Crippen molar-refractivity contribution in [3.05, 3.63) is 123 Å². The molecular weight excluding hydrogens is 681 g/mol. The fraction of sp³-hybridized carbons (Fsp3) is 0.257. The Morgan fingerprint density at radius 3 is 2.11 bits per heavy atom. The van der Waals surface area contributed by atoms with Crippen LogP contribution in [0.1, 0.15) is 31.9 Å². The van der Waals surface area contributed by atoms with Crippen molar-refractivity contribution in [2.45, 2.75) is 50.2 Å². The Labute approximate surface area is 291 Å². The van der Waals surface area contributed by atoms with Gasteiger partial charge in [-0.1, -0.05) is 77.3 Å². The number of sulfonamides is 1. The Kier molecular flexibility index (Phi) is 11.8. The van der Waals surface area contributed by atoms with E-state index in [1.807, 2.05) is 51.1 Å². The second-order valence-corrected chi connectivity index (χ2v) is 15.0. The number of hydrogen-bond donors (Lipinski definition) is 1. The SMILES string of the molecule is COc1ccc(S(=O)(=O)N(CC(=O)N(Cc2ccc(Cl)cc2Cl)[C@@H](Cc2ccccc2)C(=O)NC(C)(C)C)c2cccc(Cl)c2)cc1. The Hall–Kier alpha value is -3.76. The summed E-state index contributed by atoms with van der Waals surface area (Å²) in [6, 6.07) is 25.2. The Bertz CT molecular complexity index is 1810. The number of nitrogens with one attached hydrogen (secondary N) is 1. The number of carbonyl (C=O) groups is 2. The molecule has 12 heteroatoms. The Morgan fingerprint density at radius 1 is 0.851 bits per heavy atom. The molecule has 2 amide bonds. The van der Waals surface area contributed by atoms with E-state index in [1.54, 1.807) is 36.4 Å². The van der Waals surface area contributed by atoms with E-state index in [-0.39, 0.29) is 28.6 Å². The molecule has 4 rings (SSSR count). The second-order valence-electron chi connectivity index (χ2n) is 11.9. The molecule has 0 saturated carbocycles. The third kappa shape index (κ3) is 9.64. The Morgan fingerprint density at radius 2 is 1.51 bits per heavy atom. The number of methoxy groups -OCH3 is 1. The molecule has 0 spiro atoms. The van der Waals surface area contributed by atoms with Crippen molar-refractivity contribution in [3.63, 3.8) is 0 Å². The van der Waals surface area contributed by atoms with Crippen LogP contribution >= 0.6 is 34.8 Å². The summed E-state index contributed by atoms with van der Waals surface area (Å²) >= 11 is 19.0. The van der Waals surface area contributed by atoms with E-state index < -0.39 is 40.0 Å². The number of ether oxygens (including phenoxy) is 1. The van der Waals surface area contributed by atoms with Crippen LogP contribution in [0.25, 0.3) is 0 Å². The van der Waals surface area contributed by atoms with Crippen molar-refractivity contribution in [3.8, 4) is 5.75 Å². The molecule has 0 aromatic heterocycles. The predicted octanol–water partition coefficient (Wildman–Crippen LogP) is 7.41. The van der Waals surface area contributed by atoms with Crippen molar-refractivity contribution in [2.75, 3.05) is 18.0 Å². The molecule has 0 aliphatic heterocycles. The monoisotopic (exact) mass is 715 g/mol. The van der Waals surface area contributed by atoms with Crippen molar-refractivity contribution >= 4 is 62.3 Å². The van der Waals surface area contributed by atoms with Gasteiger partial charge in [0.15, 0.2) is 0 Å². The Balaban J connectivity index is 1.84. The molecule has 0 saturated heterocycles. The van der Waals surface area contributed by atoms with Gasteiger partial charge in [0, 0.05) is 33.6 Å². The van der Waals surface area contributed by atoms with E-state index in [9.17, 15) is 18.0 Å². The van der Waals surface area contributed by atoms with Gasteiger partial charge in [-0.2, -0.15) is 0 Å². The summed E-state index contributed by atoms with van der Waals surface area (Å²) in [6.45, 7) is 4.78. The zero-order valence-electron chi connectivity index (χ0n) is 26.4. The van der Waals surface area contributed by atoms with Crippen LogP contribution in [-0.4, -0.2) is 50.4 Å². The van der Waals surface area contributed by atoms with Crippen molar-refractivity contribution in [1.29, 1.82) is 0 Å². The standard InChI is InChI=1S/C35H36Cl3N3O5S/c1-35(2,3)39-34(43)32(19-24-9-6-5-7-10-24)40(22-25-13-14-27(37)21-31(25)38)33(42)23-41(28-12-8-11-26(36)20-28)47(44,45)30-17-15-29(46-4)16-18-30/h5-18,20-21,32H,19,22-23H2,1-4H3,(H,39,43)/t32-/m0/s1. The highest BCUT2D eigenvalue weighted by Crippen LogP contribution is 2.29. The smallest absolute Gasteiger partial charge is 0.264 e. The fourth-order valence-electron chi connectivity index (χ4n) is 4.88. The predicted molar refractivity (Wildman–Crippen MR) is 188 cm³/mol. The summed E-state index contributed by atoms with van der Waals surface area (Å²) in [5, 5.41) is 3.97. The molecule has 0 radical (unpaired) electrons. The quantitative estimate of drug-likeness (QED) is 0.165. The van der Waals surface area contributed by atoms with E-state index in [4.69, 9.17) is 39.5 Å². The molecule has 248 valence electrons. The average molecular weight is 717 g/mol. The van der Waals surface area contributed by atoms with E-state index in [0.717, 1.165) is 9.87 Å². The number of rotatable bonds is 12. The van der Waals surface area contributed by atoms with Crippen LogP contribution in [0.2, 0.25) is 15.1 Å². The summed E-state index contributed by atoms with van der Waals surface area (Å²) in [5.41, 5.74) is 0.880. The maximum Gasteiger partial charge on any atom is 0.264 e. The van der Waals surface area contributed by atoms with Gasteiger partial charge in [0.05, 0.1) is 17.7 Å². The largest absolute Gasteiger partial charge is 0.497 e. The first-order chi connectivity index (χ1) is 22.2. The zero-order chi connectivity index (χ0) is 34.4. The first-order valence-corrected chi connectivity index (χ1v) is 17.3. The maximum absolute atomic E-state index is 14.6. The minimum absolute atomic E-state index is 0.0651. The van der Waals surface area contributed by atoms with E-state index in [0.29, 0.717) is 21.4 Å².